The summed E-state index contributed by atoms with van der Waals surface area (Å²) in [6, 6.07) is 11.4. The van der Waals surface area contributed by atoms with Crippen molar-refractivity contribution in [2.24, 2.45) is 0 Å². The van der Waals surface area contributed by atoms with Crippen molar-refractivity contribution in [3.63, 3.8) is 0 Å². The van der Waals surface area contributed by atoms with Crippen molar-refractivity contribution in [1.29, 1.82) is 0 Å². The van der Waals surface area contributed by atoms with Crippen molar-refractivity contribution in [2.45, 2.75) is 11.3 Å². The largest absolute Gasteiger partial charge is 0.352 e. The van der Waals surface area contributed by atoms with Gasteiger partial charge in [-0.1, -0.05) is 6.07 Å². The lowest BCUT2D eigenvalue weighted by Crippen LogP contribution is -2.26. The van der Waals surface area contributed by atoms with Gasteiger partial charge in [0.25, 0.3) is 5.91 Å². The number of nitrogens with zero attached hydrogens (tertiary/aromatic N) is 3. The number of nitrogens with one attached hydrogen (secondary N) is 2. The average Bonchev–Trinajstić information content (AvgIpc) is 3.05. The third kappa shape index (κ3) is 3.67. The quantitative estimate of drug-likeness (QED) is 0.671. The number of rotatable bonds is 6. The van der Waals surface area contributed by atoms with E-state index in [2.05, 4.69) is 20.2 Å². The van der Waals surface area contributed by atoms with Gasteiger partial charge in [0, 0.05) is 24.7 Å². The molecule has 8 nitrogen and oxygen atoms in total. The van der Waals surface area contributed by atoms with Gasteiger partial charge in [-0.05, 0) is 43.4 Å². The Labute approximate surface area is 144 Å². The third-order valence-electron chi connectivity index (χ3n) is 3.71. The highest BCUT2D eigenvalue weighted by atomic mass is 32.2. The fourth-order valence-corrected chi connectivity index (χ4v) is 3.08. The second kappa shape index (κ2) is 6.99. The summed E-state index contributed by atoms with van der Waals surface area (Å²) in [4.78, 5) is 12.3. The van der Waals surface area contributed by atoms with Crippen LogP contribution in [0.3, 0.4) is 0 Å². The summed E-state index contributed by atoms with van der Waals surface area (Å²) in [6.07, 6.45) is 2.40. The molecule has 0 aliphatic rings. The number of hydrogen-bond acceptors (Lipinski definition) is 5. The molecule has 9 heteroatoms. The number of aromatic nitrogens is 3. The molecule has 0 aliphatic carbocycles. The molecule has 1 aromatic carbocycles. The molecule has 0 saturated heterocycles. The van der Waals surface area contributed by atoms with E-state index in [4.69, 9.17) is 0 Å². The molecule has 0 saturated carbocycles. The Morgan fingerprint density at radius 1 is 1.12 bits per heavy atom. The average molecular weight is 359 g/mol. The number of fused-ring (bicyclic) bond motifs is 1. The fourth-order valence-electron chi connectivity index (χ4n) is 2.35. The first-order valence-corrected chi connectivity index (χ1v) is 9.10. The second-order valence-corrected chi connectivity index (χ2v) is 7.17. The number of sulfonamides is 1. The van der Waals surface area contributed by atoms with Crippen LogP contribution >= 0.6 is 0 Å². The summed E-state index contributed by atoms with van der Waals surface area (Å²) in [5.74, 6) is 0.480. The second-order valence-electron chi connectivity index (χ2n) is 5.28. The molecule has 0 atom stereocenters. The topological polar surface area (TPSA) is 105 Å². The maximum Gasteiger partial charge on any atom is 0.251 e. The van der Waals surface area contributed by atoms with Crippen molar-refractivity contribution in [2.75, 3.05) is 13.6 Å². The van der Waals surface area contributed by atoms with Crippen LogP contribution in [-0.2, 0) is 16.4 Å². The van der Waals surface area contributed by atoms with Gasteiger partial charge in [-0.2, -0.15) is 0 Å². The zero-order chi connectivity index (χ0) is 17.9. The summed E-state index contributed by atoms with van der Waals surface area (Å²) >= 11 is 0. The van der Waals surface area contributed by atoms with Gasteiger partial charge in [0.15, 0.2) is 5.65 Å². The van der Waals surface area contributed by atoms with Gasteiger partial charge in [0.1, 0.15) is 5.82 Å². The van der Waals surface area contributed by atoms with Crippen molar-refractivity contribution in [3.8, 4) is 0 Å². The highest BCUT2D eigenvalue weighted by Gasteiger charge is 2.12. The monoisotopic (exact) mass is 359 g/mol. The van der Waals surface area contributed by atoms with Crippen molar-refractivity contribution in [1.82, 2.24) is 24.6 Å². The van der Waals surface area contributed by atoms with Crippen LogP contribution in [0.15, 0.2) is 53.6 Å². The standard InChI is InChI=1S/C16H17N5O3S/c1-17-25(23,24)13-7-5-12(6-8-13)16(22)18-10-9-15-20-19-14-4-2-3-11-21(14)15/h2-8,11,17H,9-10H2,1H3,(H,18,22). The van der Waals surface area contributed by atoms with E-state index in [0.717, 1.165) is 11.5 Å². The van der Waals surface area contributed by atoms with Crippen LogP contribution in [0.1, 0.15) is 16.2 Å². The Morgan fingerprint density at radius 3 is 2.60 bits per heavy atom. The van der Waals surface area contributed by atoms with Crippen LogP contribution in [0.2, 0.25) is 0 Å². The van der Waals surface area contributed by atoms with Crippen molar-refractivity contribution >= 4 is 21.6 Å². The first-order valence-electron chi connectivity index (χ1n) is 7.62. The van der Waals surface area contributed by atoms with E-state index < -0.39 is 10.0 Å². The van der Waals surface area contributed by atoms with E-state index >= 15 is 0 Å². The molecule has 3 aromatic rings. The molecule has 2 heterocycles. The van der Waals surface area contributed by atoms with E-state index in [9.17, 15) is 13.2 Å². The first-order chi connectivity index (χ1) is 12.0. The number of hydrogen-bond donors (Lipinski definition) is 2. The lowest BCUT2D eigenvalue weighted by molar-refractivity contribution is 0.0954. The summed E-state index contributed by atoms with van der Waals surface area (Å²) in [5.41, 5.74) is 1.14. The van der Waals surface area contributed by atoms with E-state index in [1.54, 1.807) is 0 Å². The molecule has 0 fully saturated rings. The Bertz CT molecular complexity index is 996. The third-order valence-corrected chi connectivity index (χ3v) is 5.14. The summed E-state index contributed by atoms with van der Waals surface area (Å²) in [5, 5.41) is 10.9. The summed E-state index contributed by atoms with van der Waals surface area (Å²) < 4.78 is 27.4. The minimum absolute atomic E-state index is 0.112. The van der Waals surface area contributed by atoms with E-state index in [1.807, 2.05) is 28.8 Å². The van der Waals surface area contributed by atoms with Crippen LogP contribution in [0.5, 0.6) is 0 Å². The Hall–Kier alpha value is -2.78. The van der Waals surface area contributed by atoms with Gasteiger partial charge in [0.2, 0.25) is 10.0 Å². The molecule has 130 valence electrons. The molecular formula is C16H17N5O3S. The molecule has 0 bridgehead atoms. The van der Waals surface area contributed by atoms with Gasteiger partial charge >= 0.3 is 0 Å². The predicted octanol–water partition coefficient (Wildman–Crippen LogP) is 0.610. The zero-order valence-corrected chi connectivity index (χ0v) is 14.3. The number of pyridine rings is 1. The minimum atomic E-state index is -3.51. The van der Waals surface area contributed by atoms with Crippen LogP contribution in [0, 0.1) is 0 Å². The van der Waals surface area contributed by atoms with Crippen molar-refractivity contribution < 1.29 is 13.2 Å². The number of benzene rings is 1. The molecule has 0 unspecified atom stereocenters. The van der Waals surface area contributed by atoms with Gasteiger partial charge in [0.05, 0.1) is 4.90 Å². The normalized spacial score (nSPS) is 11.6. The van der Waals surface area contributed by atoms with E-state index in [0.29, 0.717) is 18.5 Å². The Kier molecular flexibility index (Phi) is 4.77. The maximum absolute atomic E-state index is 12.1. The summed E-state index contributed by atoms with van der Waals surface area (Å²) in [6.45, 7) is 0.394. The number of carbonyl (C=O) groups is 1. The fraction of sp³-hybridized carbons (Fsp3) is 0.188. The summed E-state index contributed by atoms with van der Waals surface area (Å²) in [7, 11) is -2.17. The van der Waals surface area contributed by atoms with E-state index in [1.165, 1.54) is 31.3 Å². The lowest BCUT2D eigenvalue weighted by atomic mass is 10.2. The molecule has 0 spiro atoms. The van der Waals surface area contributed by atoms with Crippen LogP contribution < -0.4 is 10.0 Å². The van der Waals surface area contributed by atoms with Gasteiger partial charge in [-0.25, -0.2) is 13.1 Å². The van der Waals surface area contributed by atoms with Crippen LogP contribution in [0.25, 0.3) is 5.65 Å². The predicted molar refractivity (Wildman–Crippen MR) is 91.7 cm³/mol. The molecule has 25 heavy (non-hydrogen) atoms. The zero-order valence-electron chi connectivity index (χ0n) is 13.5. The number of amides is 1. The highest BCUT2D eigenvalue weighted by Crippen LogP contribution is 2.10. The van der Waals surface area contributed by atoms with Crippen LogP contribution in [0.4, 0.5) is 0 Å². The Morgan fingerprint density at radius 2 is 1.88 bits per heavy atom. The number of carbonyl (C=O) groups excluding carboxylic acids is 1. The van der Waals surface area contributed by atoms with Gasteiger partial charge in [-0.3, -0.25) is 9.20 Å². The Balaban J connectivity index is 1.61. The first kappa shape index (κ1) is 17.1. The highest BCUT2D eigenvalue weighted by molar-refractivity contribution is 7.89. The maximum atomic E-state index is 12.1. The van der Waals surface area contributed by atoms with Crippen LogP contribution in [-0.4, -0.2) is 42.5 Å². The molecule has 0 aliphatic heterocycles. The minimum Gasteiger partial charge on any atom is -0.352 e. The molecule has 2 aromatic heterocycles. The lowest BCUT2D eigenvalue weighted by Gasteiger charge is -2.06. The van der Waals surface area contributed by atoms with Crippen molar-refractivity contribution in [3.05, 3.63) is 60.0 Å². The molecular weight excluding hydrogens is 342 g/mol. The molecule has 3 rings (SSSR count). The molecule has 0 radical (unpaired) electrons. The smallest absolute Gasteiger partial charge is 0.251 e. The van der Waals surface area contributed by atoms with Gasteiger partial charge < -0.3 is 5.32 Å². The van der Waals surface area contributed by atoms with E-state index in [-0.39, 0.29) is 10.8 Å². The molecule has 1 amide bonds. The SMILES string of the molecule is CNS(=O)(=O)c1ccc(C(=O)NCCc2nnc3ccccn23)cc1. The van der Waals surface area contributed by atoms with Gasteiger partial charge in [-0.15, -0.1) is 10.2 Å². The molecule has 2 N–H and O–H groups in total.